The van der Waals surface area contributed by atoms with E-state index in [0.717, 1.165) is 6.08 Å². The van der Waals surface area contributed by atoms with Crippen molar-refractivity contribution in [2.45, 2.75) is 19.5 Å². The number of nitrogens with one attached hydrogen (secondary N) is 1. The molecule has 1 aromatic carbocycles. The molecule has 2 amide bonds. The molecule has 1 N–H and O–H groups in total. The molecule has 3 rings (SSSR count). The maximum absolute atomic E-state index is 12.8. The molecule has 1 aromatic heterocycles. The molecule has 130 valence electrons. The summed E-state index contributed by atoms with van der Waals surface area (Å²) in [7, 11) is 0. The van der Waals surface area contributed by atoms with Gasteiger partial charge in [-0.3, -0.25) is 9.59 Å². The maximum atomic E-state index is 12.8. The second-order valence-corrected chi connectivity index (χ2v) is 5.42. The number of amides is 2. The van der Waals surface area contributed by atoms with E-state index in [0.29, 0.717) is 23.6 Å². The number of nitrogens with zero attached hydrogens (tertiary/aromatic N) is 4. The number of fused-ring (bicyclic) bond motifs is 1. The van der Waals surface area contributed by atoms with Crippen molar-refractivity contribution in [3.63, 3.8) is 0 Å². The zero-order valence-electron chi connectivity index (χ0n) is 13.2. The molecule has 7 nitrogen and oxygen atoms in total. The number of alkyl halides is 2. The third kappa shape index (κ3) is 3.39. The number of anilines is 1. The van der Waals surface area contributed by atoms with Crippen LogP contribution in [0.25, 0.3) is 0 Å². The monoisotopic (exact) mass is 347 g/mol. The van der Waals surface area contributed by atoms with Crippen molar-refractivity contribution in [1.82, 2.24) is 19.7 Å². The van der Waals surface area contributed by atoms with Gasteiger partial charge in [0.25, 0.3) is 12.3 Å². The first kappa shape index (κ1) is 16.7. The lowest BCUT2D eigenvalue weighted by molar-refractivity contribution is -0.111. The summed E-state index contributed by atoms with van der Waals surface area (Å²) in [6.45, 7) is 3.99. The van der Waals surface area contributed by atoms with Gasteiger partial charge in [0, 0.05) is 24.3 Å². The van der Waals surface area contributed by atoms with E-state index in [2.05, 4.69) is 22.1 Å². The molecule has 9 heteroatoms. The summed E-state index contributed by atoms with van der Waals surface area (Å²) in [5.41, 5.74) is 0.972. The molecule has 1 aliphatic rings. The molecule has 0 bridgehead atoms. The van der Waals surface area contributed by atoms with Gasteiger partial charge in [-0.05, 0) is 30.3 Å². The summed E-state index contributed by atoms with van der Waals surface area (Å²) in [6.07, 6.45) is -1.54. The summed E-state index contributed by atoms with van der Waals surface area (Å²) >= 11 is 0. The van der Waals surface area contributed by atoms with Crippen LogP contribution in [-0.2, 0) is 17.9 Å². The Morgan fingerprint density at radius 1 is 1.20 bits per heavy atom. The van der Waals surface area contributed by atoms with E-state index < -0.39 is 6.43 Å². The molecule has 2 aromatic rings. The molecule has 0 aliphatic carbocycles. The second kappa shape index (κ2) is 6.80. The minimum atomic E-state index is -2.69. The Morgan fingerprint density at radius 2 is 1.92 bits per heavy atom. The Bertz CT molecular complexity index is 816. The number of rotatable bonds is 4. The van der Waals surface area contributed by atoms with E-state index in [4.69, 9.17) is 0 Å². The number of hydrogen-bond acceptors (Lipinski definition) is 4. The molecular weight excluding hydrogens is 332 g/mol. The summed E-state index contributed by atoms with van der Waals surface area (Å²) in [5, 5.41) is 9.82. The fourth-order valence-electron chi connectivity index (χ4n) is 2.59. The van der Waals surface area contributed by atoms with Crippen LogP contribution < -0.4 is 5.32 Å². The van der Waals surface area contributed by atoms with E-state index >= 15 is 0 Å². The number of benzene rings is 1. The zero-order chi connectivity index (χ0) is 18.0. The predicted molar refractivity (Wildman–Crippen MR) is 85.0 cm³/mol. The van der Waals surface area contributed by atoms with Crippen LogP contribution >= 0.6 is 0 Å². The molecule has 0 unspecified atom stereocenters. The summed E-state index contributed by atoms with van der Waals surface area (Å²) in [5.74, 6) is -0.618. The van der Waals surface area contributed by atoms with E-state index in [1.54, 1.807) is 24.3 Å². The lowest BCUT2D eigenvalue weighted by Crippen LogP contribution is -2.38. The minimum absolute atomic E-state index is 0.119. The van der Waals surface area contributed by atoms with Gasteiger partial charge in [-0.2, -0.15) is 0 Å². The molecule has 0 saturated carbocycles. The van der Waals surface area contributed by atoms with Crippen LogP contribution in [0.4, 0.5) is 14.5 Å². The van der Waals surface area contributed by atoms with E-state index in [9.17, 15) is 18.4 Å². The van der Waals surface area contributed by atoms with Crippen LogP contribution in [0, 0.1) is 0 Å². The number of carbonyl (C=O) groups is 2. The van der Waals surface area contributed by atoms with Gasteiger partial charge < -0.3 is 14.8 Å². The quantitative estimate of drug-likeness (QED) is 0.858. The van der Waals surface area contributed by atoms with Gasteiger partial charge in [0.1, 0.15) is 0 Å². The lowest BCUT2D eigenvalue weighted by atomic mass is 10.1. The number of hydrogen-bond donors (Lipinski definition) is 1. The van der Waals surface area contributed by atoms with Gasteiger partial charge in [-0.15, -0.1) is 10.2 Å². The molecule has 0 radical (unpaired) electrons. The standard InChI is InChI=1S/C16H15F2N5O2/c1-2-13(24)19-11-5-3-10(4-6-11)16(25)22-7-8-23-12(9-22)20-21-15(23)14(17)18/h2-6,14H,1,7-9H2,(H,19,24). The van der Waals surface area contributed by atoms with Crippen LogP contribution in [-0.4, -0.2) is 38.0 Å². The zero-order valence-corrected chi connectivity index (χ0v) is 13.2. The Balaban J connectivity index is 1.71. The largest absolute Gasteiger partial charge is 0.329 e. The smallest absolute Gasteiger partial charge is 0.297 e. The van der Waals surface area contributed by atoms with Gasteiger partial charge in [0.15, 0.2) is 11.6 Å². The van der Waals surface area contributed by atoms with E-state index in [1.165, 1.54) is 9.47 Å². The molecule has 0 fully saturated rings. The second-order valence-electron chi connectivity index (χ2n) is 5.42. The SMILES string of the molecule is C=CC(=O)Nc1ccc(C(=O)N2CCn3c(nnc3C(F)F)C2)cc1. The highest BCUT2D eigenvalue weighted by Crippen LogP contribution is 2.22. The first-order chi connectivity index (χ1) is 12.0. The molecule has 0 atom stereocenters. The van der Waals surface area contributed by atoms with Crippen LogP contribution in [0.5, 0.6) is 0 Å². The highest BCUT2D eigenvalue weighted by atomic mass is 19.3. The molecule has 25 heavy (non-hydrogen) atoms. The highest BCUT2D eigenvalue weighted by Gasteiger charge is 2.27. The number of carbonyl (C=O) groups excluding carboxylic acids is 2. The number of aromatic nitrogens is 3. The molecule has 1 aliphatic heterocycles. The average molecular weight is 347 g/mol. The van der Waals surface area contributed by atoms with Crippen LogP contribution in [0.3, 0.4) is 0 Å². The van der Waals surface area contributed by atoms with Crippen LogP contribution in [0.1, 0.15) is 28.4 Å². The lowest BCUT2D eigenvalue weighted by Gasteiger charge is -2.27. The summed E-state index contributed by atoms with van der Waals surface area (Å²) in [6, 6.07) is 6.39. The van der Waals surface area contributed by atoms with Gasteiger partial charge in [-0.25, -0.2) is 8.78 Å². The first-order valence-electron chi connectivity index (χ1n) is 7.52. The summed E-state index contributed by atoms with van der Waals surface area (Å²) in [4.78, 5) is 25.3. The Morgan fingerprint density at radius 3 is 2.56 bits per heavy atom. The van der Waals surface area contributed by atoms with Crippen molar-refractivity contribution < 1.29 is 18.4 Å². The first-order valence-corrected chi connectivity index (χ1v) is 7.52. The van der Waals surface area contributed by atoms with Crippen molar-refractivity contribution >= 4 is 17.5 Å². The van der Waals surface area contributed by atoms with E-state index in [1.807, 2.05) is 0 Å². The third-order valence-corrected chi connectivity index (χ3v) is 3.85. The van der Waals surface area contributed by atoms with Crippen molar-refractivity contribution in [2.24, 2.45) is 0 Å². The third-order valence-electron chi connectivity index (χ3n) is 3.85. The van der Waals surface area contributed by atoms with Gasteiger partial charge in [0.2, 0.25) is 5.91 Å². The van der Waals surface area contributed by atoms with Crippen LogP contribution in [0.15, 0.2) is 36.9 Å². The molecule has 0 saturated heterocycles. The molecule has 0 spiro atoms. The normalized spacial score (nSPS) is 13.5. The van der Waals surface area contributed by atoms with Gasteiger partial charge in [0.05, 0.1) is 6.54 Å². The summed E-state index contributed by atoms with van der Waals surface area (Å²) < 4.78 is 27.0. The van der Waals surface area contributed by atoms with E-state index in [-0.39, 0.29) is 30.7 Å². The van der Waals surface area contributed by atoms with Crippen molar-refractivity contribution in [1.29, 1.82) is 0 Å². The fraction of sp³-hybridized carbons (Fsp3) is 0.250. The van der Waals surface area contributed by atoms with Gasteiger partial charge >= 0.3 is 0 Å². The topological polar surface area (TPSA) is 80.1 Å². The predicted octanol–water partition coefficient (Wildman–Crippen LogP) is 2.00. The Hall–Kier alpha value is -3.10. The van der Waals surface area contributed by atoms with Crippen molar-refractivity contribution in [2.75, 3.05) is 11.9 Å². The van der Waals surface area contributed by atoms with Crippen molar-refractivity contribution in [3.05, 3.63) is 54.1 Å². The van der Waals surface area contributed by atoms with Gasteiger partial charge in [-0.1, -0.05) is 6.58 Å². The Kier molecular flexibility index (Phi) is 4.55. The number of halogens is 2. The fourth-order valence-corrected chi connectivity index (χ4v) is 2.59. The maximum Gasteiger partial charge on any atom is 0.297 e. The Labute approximate surface area is 142 Å². The highest BCUT2D eigenvalue weighted by molar-refractivity contribution is 5.99. The minimum Gasteiger partial charge on any atom is -0.329 e. The molecular formula is C16H15F2N5O2. The van der Waals surface area contributed by atoms with Crippen molar-refractivity contribution in [3.8, 4) is 0 Å². The average Bonchev–Trinajstić information content (AvgIpc) is 3.05. The molecule has 2 heterocycles. The van der Waals surface area contributed by atoms with Crippen LogP contribution in [0.2, 0.25) is 0 Å².